The number of carbonyl (C=O) groups is 2. The molecule has 4 aromatic rings. The van der Waals surface area contributed by atoms with Gasteiger partial charge < -0.3 is 19.5 Å². The monoisotopic (exact) mass is 506 g/mol. The van der Waals surface area contributed by atoms with Gasteiger partial charge in [-0.2, -0.15) is 0 Å². The molecular formula is C31H26N2O5. The number of rotatable bonds is 7. The molecule has 1 aromatic heterocycles. The average molecular weight is 507 g/mol. The van der Waals surface area contributed by atoms with E-state index in [0.29, 0.717) is 33.9 Å². The number of pyridine rings is 1. The number of hydrogen-bond acceptors (Lipinski definition) is 6. The van der Waals surface area contributed by atoms with Crippen LogP contribution in [0.5, 0.6) is 17.2 Å². The molecule has 190 valence electrons. The first kappa shape index (κ1) is 24.8. The van der Waals surface area contributed by atoms with Gasteiger partial charge in [-0.1, -0.05) is 36.4 Å². The summed E-state index contributed by atoms with van der Waals surface area (Å²) in [6, 6.07) is 24.5. The molecule has 1 aliphatic rings. The molecule has 3 aromatic carbocycles. The van der Waals surface area contributed by atoms with Crippen molar-refractivity contribution >= 4 is 17.4 Å². The van der Waals surface area contributed by atoms with Gasteiger partial charge in [0.05, 0.1) is 18.7 Å². The van der Waals surface area contributed by atoms with Gasteiger partial charge in [0.25, 0.3) is 11.7 Å². The van der Waals surface area contributed by atoms with Crippen molar-refractivity contribution in [3.8, 4) is 17.2 Å². The first-order valence-corrected chi connectivity index (χ1v) is 12.1. The third-order valence-electron chi connectivity index (χ3n) is 6.46. The molecule has 1 saturated heterocycles. The molecule has 1 amide bonds. The van der Waals surface area contributed by atoms with Gasteiger partial charge in [0.1, 0.15) is 23.0 Å². The van der Waals surface area contributed by atoms with Crippen LogP contribution in [0.2, 0.25) is 0 Å². The molecule has 0 bridgehead atoms. The Bertz CT molecular complexity index is 1520. The number of carbonyl (C=O) groups excluding carboxylic acids is 2. The van der Waals surface area contributed by atoms with E-state index in [4.69, 9.17) is 9.47 Å². The molecule has 0 radical (unpaired) electrons. The first-order chi connectivity index (χ1) is 18.5. The molecule has 1 N–H and O–H groups in total. The number of aryl methyl sites for hydroxylation is 1. The SMILES string of the molecule is COc1ccc(/C(O)=C2\C(=O)C(=O)N(Cc3cccnc3)[C@H]2c2cccc(Oc3ccccc3)c2)c(C)c1. The van der Waals surface area contributed by atoms with E-state index < -0.39 is 17.7 Å². The summed E-state index contributed by atoms with van der Waals surface area (Å²) < 4.78 is 11.3. The van der Waals surface area contributed by atoms with E-state index in [-0.39, 0.29) is 17.9 Å². The van der Waals surface area contributed by atoms with Crippen molar-refractivity contribution in [1.82, 2.24) is 9.88 Å². The number of aliphatic hydroxyl groups excluding tert-OH is 1. The Morgan fingerprint density at radius 3 is 2.42 bits per heavy atom. The fourth-order valence-electron chi connectivity index (χ4n) is 4.62. The minimum Gasteiger partial charge on any atom is -0.507 e. The second kappa shape index (κ2) is 10.6. The topological polar surface area (TPSA) is 89.0 Å². The lowest BCUT2D eigenvalue weighted by Crippen LogP contribution is -2.29. The molecule has 0 aliphatic carbocycles. The van der Waals surface area contributed by atoms with Crippen LogP contribution in [-0.4, -0.2) is 33.8 Å². The van der Waals surface area contributed by atoms with Crippen LogP contribution in [0.1, 0.15) is 28.3 Å². The van der Waals surface area contributed by atoms with E-state index in [1.807, 2.05) is 49.4 Å². The van der Waals surface area contributed by atoms with E-state index in [9.17, 15) is 14.7 Å². The van der Waals surface area contributed by atoms with Gasteiger partial charge in [0.15, 0.2) is 0 Å². The van der Waals surface area contributed by atoms with Crippen molar-refractivity contribution in [2.45, 2.75) is 19.5 Å². The van der Waals surface area contributed by atoms with Gasteiger partial charge >= 0.3 is 0 Å². The summed E-state index contributed by atoms with van der Waals surface area (Å²) in [7, 11) is 1.56. The second-order valence-electron chi connectivity index (χ2n) is 8.96. The number of aromatic nitrogens is 1. The van der Waals surface area contributed by atoms with Crippen molar-refractivity contribution < 1.29 is 24.2 Å². The molecule has 1 fully saturated rings. The largest absolute Gasteiger partial charge is 0.507 e. The number of benzene rings is 3. The summed E-state index contributed by atoms with van der Waals surface area (Å²) in [6.07, 6.45) is 3.30. The zero-order valence-electron chi connectivity index (χ0n) is 21.0. The van der Waals surface area contributed by atoms with Crippen molar-refractivity contribution in [3.05, 3.63) is 125 Å². The standard InChI is InChI=1S/C31H26N2O5/c1-20-16-24(37-2)13-14-26(20)29(34)27-28(33(31(36)30(27)35)19-21-8-7-15-32-18-21)22-9-6-12-25(17-22)38-23-10-4-3-5-11-23/h3-18,28,34H,19H2,1-2H3/b29-27+/t28-/m0/s1. The Kier molecular flexibility index (Phi) is 6.91. The van der Waals surface area contributed by atoms with Crippen molar-refractivity contribution in [2.75, 3.05) is 7.11 Å². The van der Waals surface area contributed by atoms with Gasteiger partial charge in [-0.25, -0.2) is 0 Å². The number of hydrogen-bond donors (Lipinski definition) is 1. The molecule has 5 rings (SSSR count). The van der Waals surface area contributed by atoms with Gasteiger partial charge in [0.2, 0.25) is 0 Å². The van der Waals surface area contributed by atoms with Crippen LogP contribution < -0.4 is 9.47 Å². The van der Waals surface area contributed by atoms with E-state index in [1.165, 1.54) is 4.90 Å². The lowest BCUT2D eigenvalue weighted by atomic mass is 9.93. The summed E-state index contributed by atoms with van der Waals surface area (Å²) in [5.74, 6) is 0.140. The van der Waals surface area contributed by atoms with Crippen LogP contribution in [0.15, 0.2) is 103 Å². The van der Waals surface area contributed by atoms with E-state index in [1.54, 1.807) is 62.0 Å². The minimum atomic E-state index is -0.837. The van der Waals surface area contributed by atoms with Gasteiger partial charge in [-0.3, -0.25) is 14.6 Å². The second-order valence-corrected chi connectivity index (χ2v) is 8.96. The number of ether oxygens (including phenoxy) is 2. The maximum Gasteiger partial charge on any atom is 0.295 e. The van der Waals surface area contributed by atoms with Crippen molar-refractivity contribution in [3.63, 3.8) is 0 Å². The Labute approximate surface area is 220 Å². The Hall–Kier alpha value is -4.91. The fraction of sp³-hybridized carbons (Fsp3) is 0.129. The number of amides is 1. The molecule has 1 atom stereocenters. The molecule has 1 aliphatic heterocycles. The van der Waals surface area contributed by atoms with E-state index >= 15 is 0 Å². The Balaban J connectivity index is 1.63. The van der Waals surface area contributed by atoms with Crippen LogP contribution in [0.3, 0.4) is 0 Å². The Morgan fingerprint density at radius 2 is 1.71 bits per heavy atom. The number of aliphatic hydroxyl groups is 1. The van der Waals surface area contributed by atoms with Gasteiger partial charge in [0, 0.05) is 24.5 Å². The predicted molar refractivity (Wildman–Crippen MR) is 143 cm³/mol. The number of Topliss-reactive ketones (excluding diaryl/α,β-unsaturated/α-hetero) is 1. The molecule has 2 heterocycles. The summed E-state index contributed by atoms with van der Waals surface area (Å²) in [5, 5.41) is 11.5. The maximum atomic E-state index is 13.4. The van der Waals surface area contributed by atoms with Crippen molar-refractivity contribution in [2.24, 2.45) is 0 Å². The smallest absolute Gasteiger partial charge is 0.295 e. The van der Waals surface area contributed by atoms with Crippen LogP contribution in [0.25, 0.3) is 5.76 Å². The summed E-state index contributed by atoms with van der Waals surface area (Å²) in [6.45, 7) is 1.96. The third-order valence-corrected chi connectivity index (χ3v) is 6.46. The number of likely N-dealkylation sites (tertiary alicyclic amines) is 1. The maximum absolute atomic E-state index is 13.4. The molecule has 0 unspecified atom stereocenters. The molecule has 0 spiro atoms. The normalized spacial score (nSPS) is 16.5. The molecule has 7 nitrogen and oxygen atoms in total. The highest BCUT2D eigenvalue weighted by molar-refractivity contribution is 6.46. The van der Waals surface area contributed by atoms with Gasteiger partial charge in [-0.05, 0) is 72.1 Å². The van der Waals surface area contributed by atoms with Crippen molar-refractivity contribution in [1.29, 1.82) is 0 Å². The molecule has 7 heteroatoms. The molecule has 38 heavy (non-hydrogen) atoms. The lowest BCUT2D eigenvalue weighted by Gasteiger charge is -2.26. The Morgan fingerprint density at radius 1 is 0.921 bits per heavy atom. The predicted octanol–water partition coefficient (Wildman–Crippen LogP) is 5.81. The van der Waals surface area contributed by atoms with Crippen LogP contribution in [0.4, 0.5) is 0 Å². The summed E-state index contributed by atoms with van der Waals surface area (Å²) in [5.41, 5.74) is 2.57. The summed E-state index contributed by atoms with van der Waals surface area (Å²) >= 11 is 0. The number of methoxy groups -OCH3 is 1. The fourth-order valence-corrected chi connectivity index (χ4v) is 4.62. The van der Waals surface area contributed by atoms with Crippen LogP contribution in [0, 0.1) is 6.92 Å². The average Bonchev–Trinajstić information content (AvgIpc) is 3.19. The quantitative estimate of drug-likeness (QED) is 0.193. The zero-order valence-corrected chi connectivity index (χ0v) is 21.0. The third kappa shape index (κ3) is 4.86. The lowest BCUT2D eigenvalue weighted by molar-refractivity contribution is -0.140. The first-order valence-electron chi connectivity index (χ1n) is 12.1. The minimum absolute atomic E-state index is 0.0176. The molecule has 0 saturated carbocycles. The number of para-hydroxylation sites is 1. The van der Waals surface area contributed by atoms with Crippen LogP contribution >= 0.6 is 0 Å². The van der Waals surface area contributed by atoms with E-state index in [0.717, 1.165) is 5.56 Å². The van der Waals surface area contributed by atoms with Crippen LogP contribution in [-0.2, 0) is 16.1 Å². The zero-order chi connectivity index (χ0) is 26.6. The molecular weight excluding hydrogens is 480 g/mol. The number of ketones is 1. The highest BCUT2D eigenvalue weighted by atomic mass is 16.5. The van der Waals surface area contributed by atoms with Gasteiger partial charge in [-0.15, -0.1) is 0 Å². The van der Waals surface area contributed by atoms with E-state index in [2.05, 4.69) is 4.98 Å². The highest BCUT2D eigenvalue weighted by Crippen LogP contribution is 2.42. The number of nitrogens with zero attached hydrogens (tertiary/aromatic N) is 2. The highest BCUT2D eigenvalue weighted by Gasteiger charge is 2.46. The summed E-state index contributed by atoms with van der Waals surface area (Å²) in [4.78, 5) is 32.4.